The second-order valence-electron chi connectivity index (χ2n) is 7.14. The van der Waals surface area contributed by atoms with Crippen molar-refractivity contribution in [1.29, 1.82) is 0 Å². The summed E-state index contributed by atoms with van der Waals surface area (Å²) in [6, 6.07) is 7.91. The van der Waals surface area contributed by atoms with E-state index in [-0.39, 0.29) is 42.2 Å². The molecule has 2 aromatic carbocycles. The average molecular weight is 388 g/mol. The topological polar surface area (TPSA) is 65.1 Å². The van der Waals surface area contributed by atoms with E-state index in [4.69, 9.17) is 5.11 Å². The molecule has 0 unspecified atom stereocenters. The number of nitrogens with one attached hydrogen (secondary N) is 2. The Bertz CT molecular complexity index is 1020. The maximum atomic E-state index is 14.3. The molecular formula is C21H19F3N2O2. The summed E-state index contributed by atoms with van der Waals surface area (Å²) in [5.74, 6) is -1.95. The van der Waals surface area contributed by atoms with E-state index in [1.54, 1.807) is 12.1 Å². The summed E-state index contributed by atoms with van der Waals surface area (Å²) in [6.45, 7) is -0.211. The lowest BCUT2D eigenvalue weighted by Gasteiger charge is -2.36. The van der Waals surface area contributed by atoms with Crippen LogP contribution >= 0.6 is 0 Å². The quantitative estimate of drug-likeness (QED) is 0.619. The summed E-state index contributed by atoms with van der Waals surface area (Å²) in [5, 5.41) is 12.1. The minimum absolute atomic E-state index is 0.00516. The average Bonchev–Trinajstić information content (AvgIpc) is 2.98. The zero-order chi connectivity index (χ0) is 19.8. The predicted molar refractivity (Wildman–Crippen MR) is 99.2 cm³/mol. The van der Waals surface area contributed by atoms with Crippen LogP contribution < -0.4 is 5.32 Å². The minimum Gasteiger partial charge on any atom is -0.396 e. The van der Waals surface area contributed by atoms with Crippen LogP contribution in [0.15, 0.2) is 36.4 Å². The third kappa shape index (κ3) is 3.38. The first-order chi connectivity index (χ1) is 13.5. The number of H-pyrrole nitrogens is 1. The SMILES string of the molecule is O=C(CCO)N[C@H]1C[C@H](c2c(-c3ccc(F)cc3)[nH]c3c(F)cc(F)cc32)C1. The molecule has 146 valence electrons. The molecule has 4 nitrogen and oxygen atoms in total. The Kier molecular flexibility index (Phi) is 4.85. The molecule has 1 saturated carbocycles. The van der Waals surface area contributed by atoms with Crippen molar-refractivity contribution < 1.29 is 23.1 Å². The lowest BCUT2D eigenvalue weighted by molar-refractivity contribution is -0.123. The molecule has 7 heteroatoms. The summed E-state index contributed by atoms with van der Waals surface area (Å²) in [6.07, 6.45) is 1.29. The highest BCUT2D eigenvalue weighted by molar-refractivity contribution is 5.92. The van der Waals surface area contributed by atoms with Gasteiger partial charge in [-0.15, -0.1) is 0 Å². The largest absolute Gasteiger partial charge is 0.396 e. The second-order valence-corrected chi connectivity index (χ2v) is 7.14. The van der Waals surface area contributed by atoms with E-state index >= 15 is 0 Å². The fourth-order valence-electron chi connectivity index (χ4n) is 3.88. The molecule has 1 aromatic heterocycles. The first kappa shape index (κ1) is 18.6. The molecule has 3 aromatic rings. The van der Waals surface area contributed by atoms with Gasteiger partial charge in [-0.3, -0.25) is 4.79 Å². The normalized spacial score (nSPS) is 18.9. The Morgan fingerprint density at radius 2 is 1.82 bits per heavy atom. The zero-order valence-corrected chi connectivity index (χ0v) is 14.9. The zero-order valence-electron chi connectivity index (χ0n) is 14.9. The van der Waals surface area contributed by atoms with Gasteiger partial charge in [-0.1, -0.05) is 0 Å². The van der Waals surface area contributed by atoms with E-state index < -0.39 is 11.6 Å². The fraction of sp³-hybridized carbons (Fsp3) is 0.286. The van der Waals surface area contributed by atoms with E-state index in [9.17, 15) is 18.0 Å². The third-order valence-electron chi connectivity index (χ3n) is 5.25. The maximum Gasteiger partial charge on any atom is 0.222 e. The van der Waals surface area contributed by atoms with Gasteiger partial charge in [-0.05, 0) is 60.2 Å². The van der Waals surface area contributed by atoms with Gasteiger partial charge >= 0.3 is 0 Å². The molecule has 1 heterocycles. The van der Waals surface area contributed by atoms with Crippen molar-refractivity contribution in [1.82, 2.24) is 10.3 Å². The molecular weight excluding hydrogens is 369 g/mol. The van der Waals surface area contributed by atoms with Gasteiger partial charge in [0.15, 0.2) is 0 Å². The van der Waals surface area contributed by atoms with Crippen LogP contribution in [0.2, 0.25) is 0 Å². The number of hydrogen-bond donors (Lipinski definition) is 3. The van der Waals surface area contributed by atoms with Crippen LogP contribution in [0.1, 0.15) is 30.7 Å². The van der Waals surface area contributed by atoms with Crippen molar-refractivity contribution in [2.24, 2.45) is 0 Å². The van der Waals surface area contributed by atoms with Gasteiger partial charge in [0.05, 0.1) is 17.8 Å². The first-order valence-electron chi connectivity index (χ1n) is 9.13. The van der Waals surface area contributed by atoms with Crippen molar-refractivity contribution in [3.05, 3.63) is 59.4 Å². The number of fused-ring (bicyclic) bond motifs is 1. The third-order valence-corrected chi connectivity index (χ3v) is 5.25. The summed E-state index contributed by atoms with van der Waals surface area (Å²) in [7, 11) is 0. The molecule has 1 aliphatic rings. The monoisotopic (exact) mass is 388 g/mol. The minimum atomic E-state index is -0.684. The number of carbonyl (C=O) groups excluding carboxylic acids is 1. The number of aliphatic hydroxyl groups is 1. The van der Waals surface area contributed by atoms with Gasteiger partial charge in [0.25, 0.3) is 0 Å². The Hall–Kier alpha value is -2.80. The number of amides is 1. The van der Waals surface area contributed by atoms with Gasteiger partial charge in [-0.25, -0.2) is 13.2 Å². The molecule has 0 aliphatic heterocycles. The highest BCUT2D eigenvalue weighted by Crippen LogP contribution is 2.45. The van der Waals surface area contributed by atoms with E-state index in [0.29, 0.717) is 29.5 Å². The Morgan fingerprint density at radius 1 is 1.11 bits per heavy atom. The van der Waals surface area contributed by atoms with E-state index in [1.807, 2.05) is 0 Å². The fourth-order valence-corrected chi connectivity index (χ4v) is 3.88. The number of benzene rings is 2. The predicted octanol–water partition coefficient (Wildman–Crippen LogP) is 4.00. The summed E-state index contributed by atoms with van der Waals surface area (Å²) in [5.41, 5.74) is 2.29. The Labute approximate surface area is 159 Å². The number of aromatic nitrogens is 1. The number of carbonyl (C=O) groups is 1. The number of aromatic amines is 1. The van der Waals surface area contributed by atoms with Gasteiger partial charge in [0, 0.05) is 23.9 Å². The van der Waals surface area contributed by atoms with Gasteiger partial charge in [-0.2, -0.15) is 0 Å². The maximum absolute atomic E-state index is 14.3. The number of aliphatic hydroxyl groups excluding tert-OH is 1. The molecule has 0 spiro atoms. The molecule has 0 atom stereocenters. The number of rotatable bonds is 5. The van der Waals surface area contributed by atoms with Crippen LogP contribution in [0.3, 0.4) is 0 Å². The molecule has 0 bridgehead atoms. The van der Waals surface area contributed by atoms with Crippen LogP contribution in [0.25, 0.3) is 22.2 Å². The molecule has 28 heavy (non-hydrogen) atoms. The van der Waals surface area contributed by atoms with Crippen LogP contribution in [0.4, 0.5) is 13.2 Å². The van der Waals surface area contributed by atoms with Crippen LogP contribution in [-0.4, -0.2) is 28.6 Å². The van der Waals surface area contributed by atoms with Crippen molar-refractivity contribution in [3.63, 3.8) is 0 Å². The standard InChI is InChI=1S/C21H19F3N2O2/c22-13-3-1-11(2-4-13)20-19(12-7-15(8-12)25-18(28)5-6-27)16-9-14(23)10-17(24)21(16)26-20/h1-4,9-10,12,15,26-27H,5-8H2,(H,25,28)/t12-,15-. The summed E-state index contributed by atoms with van der Waals surface area (Å²) >= 11 is 0. The summed E-state index contributed by atoms with van der Waals surface area (Å²) < 4.78 is 41.5. The number of halogens is 3. The second kappa shape index (κ2) is 7.31. The summed E-state index contributed by atoms with van der Waals surface area (Å²) in [4.78, 5) is 14.7. The van der Waals surface area contributed by atoms with Crippen molar-refractivity contribution in [3.8, 4) is 11.3 Å². The van der Waals surface area contributed by atoms with Gasteiger partial charge in [0.2, 0.25) is 5.91 Å². The molecule has 0 radical (unpaired) electrons. The highest BCUT2D eigenvalue weighted by atomic mass is 19.1. The highest BCUT2D eigenvalue weighted by Gasteiger charge is 2.35. The lowest BCUT2D eigenvalue weighted by Crippen LogP contribution is -2.43. The molecule has 0 saturated heterocycles. The Morgan fingerprint density at radius 3 is 2.50 bits per heavy atom. The molecule has 1 aliphatic carbocycles. The van der Waals surface area contributed by atoms with Crippen molar-refractivity contribution >= 4 is 16.8 Å². The first-order valence-corrected chi connectivity index (χ1v) is 9.13. The molecule has 1 fully saturated rings. The molecule has 4 rings (SSSR count). The van der Waals surface area contributed by atoms with Crippen LogP contribution in [0.5, 0.6) is 0 Å². The van der Waals surface area contributed by atoms with E-state index in [1.165, 1.54) is 18.2 Å². The van der Waals surface area contributed by atoms with Crippen LogP contribution in [0, 0.1) is 17.5 Å². The molecule has 3 N–H and O–H groups in total. The van der Waals surface area contributed by atoms with Crippen molar-refractivity contribution in [2.45, 2.75) is 31.2 Å². The van der Waals surface area contributed by atoms with Gasteiger partial charge in [0.1, 0.15) is 17.5 Å². The van der Waals surface area contributed by atoms with E-state index in [0.717, 1.165) is 11.6 Å². The smallest absolute Gasteiger partial charge is 0.222 e. The van der Waals surface area contributed by atoms with Gasteiger partial charge < -0.3 is 15.4 Å². The van der Waals surface area contributed by atoms with Crippen LogP contribution in [-0.2, 0) is 4.79 Å². The number of hydrogen-bond acceptors (Lipinski definition) is 2. The lowest BCUT2D eigenvalue weighted by atomic mass is 9.74. The van der Waals surface area contributed by atoms with E-state index in [2.05, 4.69) is 10.3 Å². The Balaban J connectivity index is 1.71. The van der Waals surface area contributed by atoms with Crippen molar-refractivity contribution in [2.75, 3.05) is 6.61 Å². The molecule has 1 amide bonds.